The first-order valence-corrected chi connectivity index (χ1v) is 9.74. The van der Waals surface area contributed by atoms with E-state index in [1.165, 1.54) is 37.3 Å². The molecule has 0 saturated carbocycles. The fourth-order valence-corrected chi connectivity index (χ4v) is 4.35. The summed E-state index contributed by atoms with van der Waals surface area (Å²) in [5.74, 6) is -1.76. The summed E-state index contributed by atoms with van der Waals surface area (Å²) >= 11 is 0. The molecule has 2 unspecified atom stereocenters. The van der Waals surface area contributed by atoms with E-state index in [0.29, 0.717) is 9.99 Å². The molecule has 13 heteroatoms. The maximum absolute atomic E-state index is 13.3. The monoisotopic (exact) mass is 429 g/mol. The molecule has 1 fully saturated rings. The first-order chi connectivity index (χ1) is 13.5. The Morgan fingerprint density at radius 3 is 2.28 bits per heavy atom. The van der Waals surface area contributed by atoms with E-state index < -0.39 is 46.6 Å². The Labute approximate surface area is 164 Å². The molecule has 2 aromatic rings. The normalized spacial score (nSPS) is 27.5. The van der Waals surface area contributed by atoms with E-state index in [9.17, 15) is 33.6 Å². The number of anilines is 2. The van der Waals surface area contributed by atoms with Crippen molar-refractivity contribution in [1.29, 1.82) is 0 Å². The summed E-state index contributed by atoms with van der Waals surface area (Å²) in [6.07, 6.45) is -9.93. The lowest BCUT2D eigenvalue weighted by molar-refractivity contribution is -0.224. The second kappa shape index (κ2) is 7.61. The number of aliphatic carboxylic acids is 1. The van der Waals surface area contributed by atoms with Crippen LogP contribution in [0.4, 0.5) is 11.5 Å². The van der Waals surface area contributed by atoms with Crippen LogP contribution in [-0.2, 0) is 19.6 Å². The van der Waals surface area contributed by atoms with Crippen molar-refractivity contribution in [2.45, 2.75) is 42.5 Å². The van der Waals surface area contributed by atoms with Gasteiger partial charge in [-0.05, 0) is 31.2 Å². The molecular formula is C16H19N3O9S. The van der Waals surface area contributed by atoms with Crippen LogP contribution in [-0.4, -0.2) is 70.6 Å². The number of nitrogen functional groups attached to an aromatic ring is 1. The third-order valence-corrected chi connectivity index (χ3v) is 6.12. The first kappa shape index (κ1) is 21.0. The number of aromatic nitrogens is 1. The average molecular weight is 429 g/mol. The lowest BCUT2D eigenvalue weighted by Crippen LogP contribution is -2.65. The summed E-state index contributed by atoms with van der Waals surface area (Å²) in [6, 6.07) is 6.27. The second-order valence-electron chi connectivity index (χ2n) is 6.42. The van der Waals surface area contributed by atoms with Crippen molar-refractivity contribution >= 4 is 27.5 Å². The molecule has 1 aliphatic heterocycles. The Hall–Kier alpha value is -2.71. The van der Waals surface area contributed by atoms with E-state index in [0.717, 1.165) is 0 Å². The number of carbonyl (C=O) groups is 1. The molecule has 0 radical (unpaired) electrons. The zero-order valence-electron chi connectivity index (χ0n) is 15.0. The van der Waals surface area contributed by atoms with Crippen LogP contribution >= 0.6 is 0 Å². The van der Waals surface area contributed by atoms with Gasteiger partial charge in [0.05, 0.1) is 4.90 Å². The number of rotatable bonds is 5. The maximum Gasteiger partial charge on any atom is 0.335 e. The van der Waals surface area contributed by atoms with Crippen molar-refractivity contribution in [2.24, 2.45) is 0 Å². The summed E-state index contributed by atoms with van der Waals surface area (Å²) < 4.78 is 37.1. The Bertz CT molecular complexity index is 991. The fourth-order valence-electron chi connectivity index (χ4n) is 2.86. The van der Waals surface area contributed by atoms with Crippen molar-refractivity contribution < 1.29 is 42.9 Å². The first-order valence-electron chi connectivity index (χ1n) is 8.30. The molecule has 2 heterocycles. The predicted octanol–water partition coefficient (Wildman–Crippen LogP) is -1.35. The summed E-state index contributed by atoms with van der Waals surface area (Å²) in [5, 5.41) is 43.2. The highest BCUT2D eigenvalue weighted by atomic mass is 32.2. The lowest BCUT2D eigenvalue weighted by atomic mass is 9.98. The topological polar surface area (TPSA) is 197 Å². The van der Waals surface area contributed by atoms with E-state index in [4.69, 9.17) is 15.0 Å². The zero-order valence-corrected chi connectivity index (χ0v) is 15.8. The number of hydrogen-bond donors (Lipinski definition) is 5. The van der Waals surface area contributed by atoms with Crippen molar-refractivity contribution in [2.75, 3.05) is 10.0 Å². The minimum Gasteiger partial charge on any atom is -0.479 e. The van der Waals surface area contributed by atoms with Gasteiger partial charge in [0.1, 0.15) is 24.1 Å². The molecule has 29 heavy (non-hydrogen) atoms. The standard InChI is InChI=1S/C16H19N3O9S/c1-7-6-10(18-28-7)19(29(25,26)9-4-2-8(17)3-5-9)15-13(22)11(20)12(21)14(27-15)16(23)24/h2-6,11-15,20-22H,17H2,1H3,(H,23,24)/t11?,12-,13?,14-,15+/m0/s1. The van der Waals surface area contributed by atoms with Crippen molar-refractivity contribution in [1.82, 2.24) is 5.16 Å². The number of benzene rings is 1. The highest BCUT2D eigenvalue weighted by Gasteiger charge is 2.52. The van der Waals surface area contributed by atoms with Gasteiger partial charge in [0.2, 0.25) is 0 Å². The molecule has 12 nitrogen and oxygen atoms in total. The van der Waals surface area contributed by atoms with Crippen molar-refractivity contribution in [3.63, 3.8) is 0 Å². The van der Waals surface area contributed by atoms with Crippen LogP contribution in [0.2, 0.25) is 0 Å². The van der Waals surface area contributed by atoms with Gasteiger partial charge in [-0.2, -0.15) is 0 Å². The number of aliphatic hydroxyl groups is 3. The predicted molar refractivity (Wildman–Crippen MR) is 96.1 cm³/mol. The second-order valence-corrected chi connectivity index (χ2v) is 8.24. The molecule has 0 bridgehead atoms. The summed E-state index contributed by atoms with van der Waals surface area (Å²) in [7, 11) is -4.50. The van der Waals surface area contributed by atoms with Crippen LogP contribution in [0, 0.1) is 6.92 Å². The Kier molecular flexibility index (Phi) is 5.51. The van der Waals surface area contributed by atoms with Gasteiger partial charge < -0.3 is 35.4 Å². The quantitative estimate of drug-likeness (QED) is 0.352. The number of carboxylic acid groups (broad SMARTS) is 1. The number of aryl methyl sites for hydroxylation is 1. The number of hydrogen-bond acceptors (Lipinski definition) is 10. The van der Waals surface area contributed by atoms with Gasteiger partial charge in [0.15, 0.2) is 18.1 Å². The zero-order chi connectivity index (χ0) is 21.5. The third kappa shape index (κ3) is 3.77. The molecule has 1 aromatic carbocycles. The molecule has 0 aliphatic carbocycles. The fraction of sp³-hybridized carbons (Fsp3) is 0.375. The van der Waals surface area contributed by atoms with Gasteiger partial charge in [-0.3, -0.25) is 0 Å². The van der Waals surface area contributed by atoms with E-state index in [-0.39, 0.29) is 16.5 Å². The van der Waals surface area contributed by atoms with Gasteiger partial charge in [0, 0.05) is 11.8 Å². The van der Waals surface area contributed by atoms with Gasteiger partial charge in [-0.15, -0.1) is 0 Å². The highest BCUT2D eigenvalue weighted by molar-refractivity contribution is 7.92. The van der Waals surface area contributed by atoms with Crippen molar-refractivity contribution in [3.05, 3.63) is 36.1 Å². The van der Waals surface area contributed by atoms with Gasteiger partial charge >= 0.3 is 5.97 Å². The molecule has 1 aliphatic rings. The van der Waals surface area contributed by atoms with Crippen LogP contribution < -0.4 is 10.0 Å². The minimum atomic E-state index is -4.50. The molecule has 1 saturated heterocycles. The number of carboxylic acids is 1. The van der Waals surface area contributed by atoms with Crippen LogP contribution in [0.1, 0.15) is 5.76 Å². The molecule has 6 N–H and O–H groups in total. The molecule has 3 rings (SSSR count). The van der Waals surface area contributed by atoms with E-state index in [1.807, 2.05) is 0 Å². The van der Waals surface area contributed by atoms with Gasteiger partial charge in [-0.25, -0.2) is 17.5 Å². The Morgan fingerprint density at radius 1 is 1.14 bits per heavy atom. The smallest absolute Gasteiger partial charge is 0.335 e. The lowest BCUT2D eigenvalue weighted by Gasteiger charge is -2.42. The number of nitrogens with two attached hydrogens (primary N) is 1. The van der Waals surface area contributed by atoms with Gasteiger partial charge in [-0.1, -0.05) is 5.16 Å². The van der Waals surface area contributed by atoms with Gasteiger partial charge in [0.25, 0.3) is 10.0 Å². The van der Waals surface area contributed by atoms with E-state index >= 15 is 0 Å². The molecular weight excluding hydrogens is 410 g/mol. The molecule has 0 amide bonds. The molecule has 5 atom stereocenters. The summed E-state index contributed by atoms with van der Waals surface area (Å²) in [5.41, 5.74) is 5.88. The SMILES string of the molecule is Cc1cc(N([C@@H]2O[C@H](C(=O)O)[C@@H](O)C(O)C2O)S(=O)(=O)c2ccc(N)cc2)no1. The van der Waals surface area contributed by atoms with Crippen molar-refractivity contribution in [3.8, 4) is 0 Å². The summed E-state index contributed by atoms with van der Waals surface area (Å²) in [4.78, 5) is 11.1. The van der Waals surface area contributed by atoms with E-state index in [1.54, 1.807) is 0 Å². The number of sulfonamides is 1. The molecule has 0 spiro atoms. The maximum atomic E-state index is 13.3. The average Bonchev–Trinajstić information content (AvgIpc) is 3.07. The minimum absolute atomic E-state index is 0.221. The number of aliphatic hydroxyl groups excluding tert-OH is 3. The molecule has 158 valence electrons. The Balaban J connectivity index is 2.13. The largest absolute Gasteiger partial charge is 0.479 e. The van der Waals surface area contributed by atoms with Crippen LogP contribution in [0.3, 0.4) is 0 Å². The Morgan fingerprint density at radius 2 is 1.76 bits per heavy atom. The third-order valence-electron chi connectivity index (χ3n) is 4.34. The molecule has 1 aromatic heterocycles. The van der Waals surface area contributed by atoms with E-state index in [2.05, 4.69) is 5.16 Å². The number of nitrogens with zero attached hydrogens (tertiary/aromatic N) is 2. The highest BCUT2D eigenvalue weighted by Crippen LogP contribution is 2.32. The van der Waals surface area contributed by atoms with Crippen LogP contribution in [0.5, 0.6) is 0 Å². The van der Waals surface area contributed by atoms with Crippen LogP contribution in [0.15, 0.2) is 39.8 Å². The van der Waals surface area contributed by atoms with Crippen LogP contribution in [0.25, 0.3) is 0 Å². The summed E-state index contributed by atoms with van der Waals surface area (Å²) in [6.45, 7) is 1.49. The number of ether oxygens (including phenoxy) is 1.